The molecule has 78 valence electrons. The van der Waals surface area contributed by atoms with Gasteiger partial charge >= 0.3 is 0 Å². The van der Waals surface area contributed by atoms with Crippen LogP contribution in [0.15, 0.2) is 27.8 Å². The van der Waals surface area contributed by atoms with Crippen molar-refractivity contribution in [1.82, 2.24) is 5.43 Å². The first-order valence-electron chi connectivity index (χ1n) is 4.57. The summed E-state index contributed by atoms with van der Waals surface area (Å²) in [5, 5.41) is 4.38. The van der Waals surface area contributed by atoms with Gasteiger partial charge in [0.15, 0.2) is 5.11 Å². The largest absolute Gasteiger partial charge is 0.375 e. The van der Waals surface area contributed by atoms with E-state index in [0.717, 1.165) is 23.0 Å². The summed E-state index contributed by atoms with van der Waals surface area (Å²) in [6.07, 6.45) is 1.96. The number of nitrogens with one attached hydrogen (secondary N) is 1. The lowest BCUT2D eigenvalue weighted by atomic mass is 10.1. The third kappa shape index (κ3) is 2.35. The minimum absolute atomic E-state index is 0.200. The van der Waals surface area contributed by atoms with Crippen molar-refractivity contribution < 1.29 is 0 Å². The molecule has 0 bridgehead atoms. The number of hydrogen-bond donors (Lipinski definition) is 2. The van der Waals surface area contributed by atoms with Crippen LogP contribution in [0.25, 0.3) is 0 Å². The summed E-state index contributed by atoms with van der Waals surface area (Å²) in [5.74, 6) is 0. The number of benzene rings is 1. The van der Waals surface area contributed by atoms with Crippen molar-refractivity contribution >= 4 is 39.0 Å². The van der Waals surface area contributed by atoms with E-state index in [9.17, 15) is 0 Å². The number of halogens is 1. The van der Waals surface area contributed by atoms with Gasteiger partial charge in [0, 0.05) is 10.0 Å². The lowest BCUT2D eigenvalue weighted by Crippen LogP contribution is -2.25. The first-order chi connectivity index (χ1) is 7.16. The van der Waals surface area contributed by atoms with Crippen LogP contribution < -0.4 is 11.2 Å². The monoisotopic (exact) mass is 283 g/mol. The van der Waals surface area contributed by atoms with Gasteiger partial charge in [0.05, 0.1) is 5.71 Å². The van der Waals surface area contributed by atoms with Crippen LogP contribution in [0.3, 0.4) is 0 Å². The molecular weight excluding hydrogens is 274 g/mol. The van der Waals surface area contributed by atoms with E-state index in [4.69, 9.17) is 18.0 Å². The number of nitrogens with zero attached hydrogens (tertiary/aromatic N) is 1. The maximum absolute atomic E-state index is 5.32. The second-order valence-corrected chi connectivity index (χ2v) is 4.69. The zero-order chi connectivity index (χ0) is 10.8. The molecule has 0 unspecified atom stereocenters. The van der Waals surface area contributed by atoms with Gasteiger partial charge in [0.2, 0.25) is 0 Å². The maximum atomic E-state index is 5.32. The quantitative estimate of drug-likeness (QED) is 0.612. The first-order valence-corrected chi connectivity index (χ1v) is 5.78. The molecule has 3 nitrogen and oxygen atoms in total. The van der Waals surface area contributed by atoms with E-state index in [-0.39, 0.29) is 5.11 Å². The zero-order valence-electron chi connectivity index (χ0n) is 7.96. The molecule has 0 radical (unpaired) electrons. The third-order valence-corrected chi connectivity index (χ3v) is 2.90. The number of thiocarbonyl (C=S) groups is 1. The van der Waals surface area contributed by atoms with Gasteiger partial charge in [-0.2, -0.15) is 5.10 Å². The number of fused-ring (bicyclic) bond motifs is 1. The van der Waals surface area contributed by atoms with Gasteiger partial charge in [-0.25, -0.2) is 0 Å². The standard InChI is InChI=1S/C10H10BrN3S/c11-7-3-1-6-2-4-9(8(6)5-7)13-14-10(12)15/h1,3,5H,2,4H2,(H3,12,14,15)/b13-9+. The summed E-state index contributed by atoms with van der Waals surface area (Å²) >= 11 is 8.15. The highest BCUT2D eigenvalue weighted by molar-refractivity contribution is 9.10. The van der Waals surface area contributed by atoms with Crippen LogP contribution in [0, 0.1) is 0 Å². The smallest absolute Gasteiger partial charge is 0.184 e. The predicted molar refractivity (Wildman–Crippen MR) is 68.9 cm³/mol. The molecule has 0 heterocycles. The molecular formula is C10H10BrN3S. The molecule has 0 aliphatic heterocycles. The minimum atomic E-state index is 0.200. The summed E-state index contributed by atoms with van der Waals surface area (Å²) in [6, 6.07) is 6.23. The summed E-state index contributed by atoms with van der Waals surface area (Å²) in [4.78, 5) is 0. The molecule has 15 heavy (non-hydrogen) atoms. The number of rotatable bonds is 1. The van der Waals surface area contributed by atoms with E-state index < -0.39 is 0 Å². The second-order valence-electron chi connectivity index (χ2n) is 3.34. The Kier molecular flexibility index (Phi) is 3.02. The van der Waals surface area contributed by atoms with Crippen molar-refractivity contribution in [3.8, 4) is 0 Å². The average molecular weight is 284 g/mol. The summed E-state index contributed by atoms with van der Waals surface area (Å²) in [5.41, 5.74) is 11.5. The highest BCUT2D eigenvalue weighted by Crippen LogP contribution is 2.25. The van der Waals surface area contributed by atoms with E-state index in [1.54, 1.807) is 0 Å². The molecule has 2 rings (SSSR count). The fraction of sp³-hybridized carbons (Fsp3) is 0.200. The Morgan fingerprint density at radius 1 is 1.47 bits per heavy atom. The Bertz CT molecular complexity index is 442. The van der Waals surface area contributed by atoms with Crippen molar-refractivity contribution in [2.75, 3.05) is 0 Å². The average Bonchev–Trinajstić information content (AvgIpc) is 2.57. The van der Waals surface area contributed by atoms with Crippen LogP contribution >= 0.6 is 28.1 Å². The molecule has 0 atom stereocenters. The molecule has 1 aliphatic rings. The van der Waals surface area contributed by atoms with Crippen molar-refractivity contribution in [3.05, 3.63) is 33.8 Å². The minimum Gasteiger partial charge on any atom is -0.375 e. The molecule has 0 spiro atoms. The number of hydrazone groups is 1. The lowest BCUT2D eigenvalue weighted by molar-refractivity contribution is 1.00. The Hall–Kier alpha value is -0.940. The van der Waals surface area contributed by atoms with Crippen LogP contribution in [0.2, 0.25) is 0 Å². The van der Waals surface area contributed by atoms with Gasteiger partial charge in [0.1, 0.15) is 0 Å². The van der Waals surface area contributed by atoms with Gasteiger partial charge < -0.3 is 5.73 Å². The van der Waals surface area contributed by atoms with Gasteiger partial charge in [-0.3, -0.25) is 5.43 Å². The maximum Gasteiger partial charge on any atom is 0.184 e. The molecule has 5 heteroatoms. The van der Waals surface area contributed by atoms with E-state index in [1.807, 2.05) is 6.07 Å². The van der Waals surface area contributed by atoms with Gasteiger partial charge in [-0.15, -0.1) is 0 Å². The zero-order valence-corrected chi connectivity index (χ0v) is 10.4. The fourth-order valence-electron chi connectivity index (χ4n) is 1.66. The van der Waals surface area contributed by atoms with Crippen molar-refractivity contribution in [2.45, 2.75) is 12.8 Å². The number of nitrogens with two attached hydrogens (primary N) is 1. The van der Waals surface area contributed by atoms with Crippen LogP contribution in [-0.2, 0) is 6.42 Å². The van der Waals surface area contributed by atoms with Gasteiger partial charge in [-0.05, 0) is 42.8 Å². The normalized spacial score (nSPS) is 16.5. The van der Waals surface area contributed by atoms with E-state index in [1.165, 1.54) is 11.1 Å². The molecule has 0 saturated carbocycles. The lowest BCUT2D eigenvalue weighted by Gasteiger charge is -2.01. The Morgan fingerprint density at radius 2 is 2.27 bits per heavy atom. The Labute approximate surface area is 102 Å². The molecule has 1 aliphatic carbocycles. The van der Waals surface area contributed by atoms with Crippen LogP contribution in [0.4, 0.5) is 0 Å². The Morgan fingerprint density at radius 3 is 3.00 bits per heavy atom. The SMILES string of the molecule is NC(=S)N/N=C1\CCc2ccc(Br)cc21. The van der Waals surface area contributed by atoms with Crippen LogP contribution in [0.1, 0.15) is 17.5 Å². The molecule has 0 fully saturated rings. The summed E-state index contributed by atoms with van der Waals surface area (Å²) in [7, 11) is 0. The fourth-order valence-corrected chi connectivity index (χ4v) is 2.07. The molecule has 0 aromatic heterocycles. The predicted octanol–water partition coefficient (Wildman–Crippen LogP) is 1.93. The molecule has 0 saturated heterocycles. The second kappa shape index (κ2) is 4.28. The molecule has 1 aromatic carbocycles. The Balaban J connectivity index is 2.31. The molecule has 0 amide bonds. The molecule has 3 N–H and O–H groups in total. The van der Waals surface area contributed by atoms with Gasteiger partial charge in [-0.1, -0.05) is 22.0 Å². The third-order valence-electron chi connectivity index (χ3n) is 2.32. The molecule has 1 aromatic rings. The van der Waals surface area contributed by atoms with E-state index in [2.05, 4.69) is 38.6 Å². The van der Waals surface area contributed by atoms with Crippen molar-refractivity contribution in [1.29, 1.82) is 0 Å². The van der Waals surface area contributed by atoms with E-state index in [0.29, 0.717) is 0 Å². The topological polar surface area (TPSA) is 50.4 Å². The van der Waals surface area contributed by atoms with E-state index >= 15 is 0 Å². The highest BCUT2D eigenvalue weighted by Gasteiger charge is 2.17. The van der Waals surface area contributed by atoms with Gasteiger partial charge in [0.25, 0.3) is 0 Å². The summed E-state index contributed by atoms with van der Waals surface area (Å²) in [6.45, 7) is 0. The highest BCUT2D eigenvalue weighted by atomic mass is 79.9. The van der Waals surface area contributed by atoms with Crippen molar-refractivity contribution in [3.63, 3.8) is 0 Å². The van der Waals surface area contributed by atoms with Crippen LogP contribution in [-0.4, -0.2) is 10.8 Å². The first kappa shape index (κ1) is 10.6. The number of hydrogen-bond acceptors (Lipinski definition) is 2. The van der Waals surface area contributed by atoms with Crippen LogP contribution in [0.5, 0.6) is 0 Å². The summed E-state index contributed by atoms with van der Waals surface area (Å²) < 4.78 is 1.06. The van der Waals surface area contributed by atoms with Crippen molar-refractivity contribution in [2.24, 2.45) is 10.8 Å². The number of aryl methyl sites for hydroxylation is 1.